The number of anilines is 1. The number of hydrogen-bond donors (Lipinski definition) is 1. The van der Waals surface area contributed by atoms with Crippen LogP contribution in [0.4, 0.5) is 5.69 Å². The van der Waals surface area contributed by atoms with Crippen molar-refractivity contribution in [3.63, 3.8) is 0 Å². The lowest BCUT2D eigenvalue weighted by Gasteiger charge is -2.41. The highest BCUT2D eigenvalue weighted by molar-refractivity contribution is 5.95. The molecule has 2 fully saturated rings. The van der Waals surface area contributed by atoms with E-state index in [0.717, 1.165) is 55.0 Å². The summed E-state index contributed by atoms with van der Waals surface area (Å²) >= 11 is 0. The zero-order valence-electron chi connectivity index (χ0n) is 23.0. The summed E-state index contributed by atoms with van der Waals surface area (Å²) in [5, 5.41) is 5.03. The summed E-state index contributed by atoms with van der Waals surface area (Å²) < 4.78 is 2.10. The minimum atomic E-state index is -0.0298. The van der Waals surface area contributed by atoms with Gasteiger partial charge in [-0.2, -0.15) is 0 Å². The Bertz CT molecular complexity index is 1300. The highest BCUT2D eigenvalue weighted by Gasteiger charge is 2.40. The van der Waals surface area contributed by atoms with Crippen LogP contribution in [0.3, 0.4) is 0 Å². The number of carbonyl (C=O) groups excluding carboxylic acids is 1. The minimum Gasteiger partial charge on any atom is -0.357 e. The Morgan fingerprint density at radius 2 is 2.11 bits per heavy atom. The van der Waals surface area contributed by atoms with Gasteiger partial charge in [0.25, 0.3) is 0 Å². The van der Waals surface area contributed by atoms with Crippen molar-refractivity contribution in [1.82, 2.24) is 19.8 Å². The lowest BCUT2D eigenvalue weighted by atomic mass is 9.92. The number of aromatic nitrogens is 2. The molecule has 6 heteroatoms. The van der Waals surface area contributed by atoms with Crippen LogP contribution < -0.4 is 10.2 Å². The molecule has 0 radical (unpaired) electrons. The minimum absolute atomic E-state index is 0.0298. The van der Waals surface area contributed by atoms with Crippen LogP contribution in [0.5, 0.6) is 0 Å². The monoisotopic (exact) mass is 511 g/mol. The molecule has 1 aliphatic carbocycles. The molecule has 0 bridgehead atoms. The van der Waals surface area contributed by atoms with Gasteiger partial charge in [-0.3, -0.25) is 15.0 Å². The van der Waals surface area contributed by atoms with Crippen molar-refractivity contribution in [2.75, 3.05) is 37.7 Å². The van der Waals surface area contributed by atoms with Crippen LogP contribution in [-0.4, -0.2) is 58.6 Å². The molecular formula is C32H41N5O. The number of nitrogens with one attached hydrogen (secondary N) is 1. The molecule has 0 aromatic carbocycles. The second-order valence-electron chi connectivity index (χ2n) is 11.4. The number of pyridine rings is 1. The van der Waals surface area contributed by atoms with E-state index in [4.69, 9.17) is 4.98 Å². The molecule has 2 unspecified atom stereocenters. The molecule has 2 aromatic rings. The lowest BCUT2D eigenvalue weighted by Crippen LogP contribution is -2.58. The van der Waals surface area contributed by atoms with Gasteiger partial charge < -0.3 is 9.47 Å². The molecule has 2 atom stereocenters. The molecule has 4 heterocycles. The van der Waals surface area contributed by atoms with Gasteiger partial charge in [0.15, 0.2) is 5.78 Å². The number of fused-ring (bicyclic) bond motifs is 1. The van der Waals surface area contributed by atoms with E-state index < -0.39 is 0 Å². The Balaban J connectivity index is 1.16. The molecule has 2 saturated heterocycles. The number of rotatable bonds is 8. The Labute approximate surface area is 227 Å². The number of allylic oxidation sites excluding steroid dienone is 7. The number of likely N-dealkylation sites (tertiary alicyclic amines) is 1. The Morgan fingerprint density at radius 1 is 1.26 bits per heavy atom. The van der Waals surface area contributed by atoms with E-state index in [9.17, 15) is 4.79 Å². The third-order valence-corrected chi connectivity index (χ3v) is 8.35. The van der Waals surface area contributed by atoms with E-state index in [1.807, 2.05) is 12.3 Å². The van der Waals surface area contributed by atoms with Crippen LogP contribution >= 0.6 is 0 Å². The van der Waals surface area contributed by atoms with Gasteiger partial charge in [-0.05, 0) is 56.2 Å². The average Bonchev–Trinajstić information content (AvgIpc) is 3.42. The first-order valence-corrected chi connectivity index (χ1v) is 13.9. The number of carbonyl (C=O) groups is 1. The number of nitrogens with zero attached hydrogens (tertiary/aromatic N) is 4. The third-order valence-electron chi connectivity index (χ3n) is 8.35. The standard InChI is InChI=1S/C32H41N5O/c1-24-6-5-7-28(11-9-24)21-35-16-13-32(22-35)14-17-37(23-34-32)30-18-29-12-15-36(31(29)33-19-30)20-25(2)8-10-26(3)27(4)38/h5-8,10,12,15,18-19,24,34H,2-3,9,11,13-14,16-17,20-23H2,1,4H3. The third kappa shape index (κ3) is 6.08. The molecule has 3 aliphatic rings. The predicted octanol–water partition coefficient (Wildman–Crippen LogP) is 5.41. The Morgan fingerprint density at radius 3 is 2.89 bits per heavy atom. The van der Waals surface area contributed by atoms with Gasteiger partial charge in [0.1, 0.15) is 5.65 Å². The molecule has 2 aromatic heterocycles. The topological polar surface area (TPSA) is 53.4 Å². The fourth-order valence-corrected chi connectivity index (χ4v) is 5.81. The number of hydrogen-bond acceptors (Lipinski definition) is 5. The highest BCUT2D eigenvalue weighted by Crippen LogP contribution is 2.31. The normalized spacial score (nSPS) is 24.3. The summed E-state index contributed by atoms with van der Waals surface area (Å²) in [5.41, 5.74) is 5.29. The van der Waals surface area contributed by atoms with Crippen LogP contribution in [0.1, 0.15) is 39.5 Å². The summed E-state index contributed by atoms with van der Waals surface area (Å²) in [6.45, 7) is 17.7. The van der Waals surface area contributed by atoms with E-state index in [-0.39, 0.29) is 11.3 Å². The molecule has 5 rings (SSSR count). The Hall–Kier alpha value is -3.22. The van der Waals surface area contributed by atoms with E-state index >= 15 is 0 Å². The van der Waals surface area contributed by atoms with Crippen LogP contribution in [0.25, 0.3) is 11.0 Å². The van der Waals surface area contributed by atoms with Crippen molar-refractivity contribution in [3.05, 3.63) is 84.8 Å². The number of Topliss-reactive ketones (excluding diaryl/α,β-unsaturated/α-hetero) is 1. The maximum atomic E-state index is 11.4. The van der Waals surface area contributed by atoms with Gasteiger partial charge in [0.05, 0.1) is 18.6 Å². The first-order valence-electron chi connectivity index (χ1n) is 13.9. The number of ketones is 1. The summed E-state index contributed by atoms with van der Waals surface area (Å²) in [4.78, 5) is 21.2. The smallest absolute Gasteiger partial charge is 0.159 e. The van der Waals surface area contributed by atoms with Gasteiger partial charge in [-0.15, -0.1) is 0 Å². The van der Waals surface area contributed by atoms with Gasteiger partial charge in [-0.25, -0.2) is 4.98 Å². The first kappa shape index (κ1) is 26.4. The SMILES string of the molecule is C=C(C=CC(=C)C(C)=O)Cn1ccc2cc(N3CCC4(CCN(CC5=CC=CC(C)CC5)C4)NC3)cnc21. The second-order valence-corrected chi connectivity index (χ2v) is 11.4. The molecule has 0 saturated carbocycles. The van der Waals surface area contributed by atoms with Gasteiger partial charge in [0.2, 0.25) is 0 Å². The fraction of sp³-hybridized carbons (Fsp3) is 0.438. The molecule has 1 N–H and O–H groups in total. The van der Waals surface area contributed by atoms with Crippen LogP contribution in [0.15, 0.2) is 84.8 Å². The van der Waals surface area contributed by atoms with E-state index in [0.29, 0.717) is 18.0 Å². The van der Waals surface area contributed by atoms with Crippen molar-refractivity contribution in [1.29, 1.82) is 0 Å². The fourth-order valence-electron chi connectivity index (χ4n) is 5.81. The van der Waals surface area contributed by atoms with Gasteiger partial charge >= 0.3 is 0 Å². The van der Waals surface area contributed by atoms with Gasteiger partial charge in [0, 0.05) is 55.4 Å². The molecule has 0 amide bonds. The second kappa shape index (κ2) is 11.3. The van der Waals surface area contributed by atoms with E-state index in [1.165, 1.54) is 32.7 Å². The van der Waals surface area contributed by atoms with Crippen molar-refractivity contribution in [2.45, 2.75) is 51.6 Å². The quantitative estimate of drug-likeness (QED) is 0.380. The summed E-state index contributed by atoms with van der Waals surface area (Å²) in [5.74, 6) is 0.658. The lowest BCUT2D eigenvalue weighted by molar-refractivity contribution is -0.113. The maximum Gasteiger partial charge on any atom is 0.159 e. The predicted molar refractivity (Wildman–Crippen MR) is 157 cm³/mol. The average molecular weight is 512 g/mol. The van der Waals surface area contributed by atoms with Crippen molar-refractivity contribution in [3.8, 4) is 0 Å². The molecule has 6 nitrogen and oxygen atoms in total. The van der Waals surface area contributed by atoms with E-state index in [1.54, 1.807) is 11.6 Å². The first-order chi connectivity index (χ1) is 18.3. The maximum absolute atomic E-state index is 11.4. The molecule has 200 valence electrons. The van der Waals surface area contributed by atoms with Crippen molar-refractivity contribution in [2.24, 2.45) is 5.92 Å². The zero-order chi connectivity index (χ0) is 26.7. The summed E-state index contributed by atoms with van der Waals surface area (Å²) in [6.07, 6.45) is 19.4. The van der Waals surface area contributed by atoms with Crippen molar-refractivity contribution < 1.29 is 4.79 Å². The summed E-state index contributed by atoms with van der Waals surface area (Å²) in [7, 11) is 0. The molecule has 2 aliphatic heterocycles. The molecule has 1 spiro atoms. The van der Waals surface area contributed by atoms with Crippen LogP contribution in [-0.2, 0) is 11.3 Å². The highest BCUT2D eigenvalue weighted by atomic mass is 16.1. The van der Waals surface area contributed by atoms with Crippen LogP contribution in [0, 0.1) is 5.92 Å². The van der Waals surface area contributed by atoms with Crippen molar-refractivity contribution >= 4 is 22.5 Å². The van der Waals surface area contributed by atoms with Gasteiger partial charge in [-0.1, -0.05) is 56.0 Å². The largest absolute Gasteiger partial charge is 0.357 e. The summed E-state index contributed by atoms with van der Waals surface area (Å²) in [6, 6.07) is 4.35. The van der Waals surface area contributed by atoms with Crippen LogP contribution in [0.2, 0.25) is 0 Å². The molecule has 38 heavy (non-hydrogen) atoms. The molecular weight excluding hydrogens is 470 g/mol. The Kier molecular flexibility index (Phi) is 7.82. The zero-order valence-corrected chi connectivity index (χ0v) is 23.0. The van der Waals surface area contributed by atoms with E-state index in [2.05, 4.69) is 76.3 Å².